The van der Waals surface area contributed by atoms with Crippen molar-refractivity contribution < 1.29 is 4.48 Å². The van der Waals surface area contributed by atoms with E-state index in [0.717, 1.165) is 4.48 Å². The van der Waals surface area contributed by atoms with Crippen LogP contribution in [0.1, 0.15) is 33.6 Å². The maximum absolute atomic E-state index is 3.92. The summed E-state index contributed by atoms with van der Waals surface area (Å²) in [6.45, 7) is 13.2. The second kappa shape index (κ2) is 4.80. The molecule has 0 aromatic heterocycles. The first-order valence-electron chi connectivity index (χ1n) is 5.35. The lowest BCUT2D eigenvalue weighted by Crippen LogP contribution is -2.41. The Kier molecular flexibility index (Phi) is 4.69. The summed E-state index contributed by atoms with van der Waals surface area (Å²) in [4.78, 5) is 0. The largest absolute Gasteiger partial charge is 0.329 e. The normalized spacial score (nSPS) is 16.7. The molecule has 0 aromatic rings. The van der Waals surface area contributed by atoms with Crippen LogP contribution in [0.25, 0.3) is 0 Å². The quantitative estimate of drug-likeness (QED) is 0.439. The molecule has 0 aliphatic carbocycles. The van der Waals surface area contributed by atoms with Crippen molar-refractivity contribution in [2.75, 3.05) is 27.2 Å². The van der Waals surface area contributed by atoms with Gasteiger partial charge in [0.2, 0.25) is 0 Å². The molecule has 0 amide bonds. The highest BCUT2D eigenvalue weighted by molar-refractivity contribution is 4.89. The molecule has 1 atom stereocenters. The van der Waals surface area contributed by atoms with Gasteiger partial charge in [0.15, 0.2) is 0 Å². The molecule has 0 fully saturated rings. The number of rotatable bonds is 6. The SMILES string of the molecule is C=CC(C)(CC)CC[N+](C)(C)CC. The molecule has 1 heteroatoms. The predicted molar refractivity (Wildman–Crippen MR) is 60.7 cm³/mol. The fraction of sp³-hybridized carbons (Fsp3) is 0.833. The van der Waals surface area contributed by atoms with Crippen LogP contribution in [0.15, 0.2) is 12.7 Å². The van der Waals surface area contributed by atoms with Gasteiger partial charge in [-0.3, -0.25) is 0 Å². The van der Waals surface area contributed by atoms with Crippen LogP contribution in [-0.4, -0.2) is 31.7 Å². The summed E-state index contributed by atoms with van der Waals surface area (Å²) < 4.78 is 1.11. The first-order valence-corrected chi connectivity index (χ1v) is 5.35. The van der Waals surface area contributed by atoms with E-state index in [1.807, 2.05) is 0 Å². The van der Waals surface area contributed by atoms with E-state index in [4.69, 9.17) is 0 Å². The molecule has 1 unspecified atom stereocenters. The number of hydrogen-bond acceptors (Lipinski definition) is 0. The second-order valence-electron chi connectivity index (χ2n) is 4.94. The van der Waals surface area contributed by atoms with Crippen LogP contribution in [0.3, 0.4) is 0 Å². The molecule has 0 aromatic carbocycles. The van der Waals surface area contributed by atoms with Crippen molar-refractivity contribution >= 4 is 0 Å². The van der Waals surface area contributed by atoms with Crippen LogP contribution in [0.5, 0.6) is 0 Å². The Labute approximate surface area is 84.0 Å². The molecule has 1 nitrogen and oxygen atoms in total. The monoisotopic (exact) mass is 184 g/mol. The predicted octanol–water partition coefficient (Wildman–Crippen LogP) is 3.08. The smallest absolute Gasteiger partial charge is 0.0790 e. The molecule has 78 valence electrons. The summed E-state index contributed by atoms with van der Waals surface area (Å²) in [6.07, 6.45) is 4.55. The zero-order chi connectivity index (χ0) is 10.5. The van der Waals surface area contributed by atoms with Crippen molar-refractivity contribution in [1.82, 2.24) is 0 Å². The summed E-state index contributed by atoms with van der Waals surface area (Å²) in [7, 11) is 4.58. The Balaban J connectivity index is 4.06. The molecule has 0 heterocycles. The molecule has 13 heavy (non-hydrogen) atoms. The van der Waals surface area contributed by atoms with Crippen molar-refractivity contribution in [2.24, 2.45) is 5.41 Å². The molecule has 0 saturated heterocycles. The summed E-state index contributed by atoms with van der Waals surface area (Å²) >= 11 is 0. The fourth-order valence-corrected chi connectivity index (χ4v) is 1.14. The molecular weight excluding hydrogens is 158 g/mol. The maximum Gasteiger partial charge on any atom is 0.0790 e. The van der Waals surface area contributed by atoms with Crippen LogP contribution in [0.4, 0.5) is 0 Å². The molecule has 0 N–H and O–H groups in total. The van der Waals surface area contributed by atoms with Gasteiger partial charge in [-0.15, -0.1) is 6.58 Å². The molecule has 0 radical (unpaired) electrons. The van der Waals surface area contributed by atoms with Gasteiger partial charge >= 0.3 is 0 Å². The van der Waals surface area contributed by atoms with E-state index in [1.54, 1.807) is 0 Å². The van der Waals surface area contributed by atoms with Crippen molar-refractivity contribution in [1.29, 1.82) is 0 Å². The lowest BCUT2D eigenvalue weighted by molar-refractivity contribution is -0.889. The van der Waals surface area contributed by atoms with Crippen molar-refractivity contribution in [3.05, 3.63) is 12.7 Å². The van der Waals surface area contributed by atoms with E-state index in [0.29, 0.717) is 5.41 Å². The highest BCUT2D eigenvalue weighted by Crippen LogP contribution is 2.27. The first kappa shape index (κ1) is 12.7. The molecule has 0 bridgehead atoms. The minimum atomic E-state index is 0.338. The summed E-state index contributed by atoms with van der Waals surface area (Å²) in [5.41, 5.74) is 0.338. The van der Waals surface area contributed by atoms with Crippen LogP contribution in [0.2, 0.25) is 0 Å². The Morgan fingerprint density at radius 1 is 1.31 bits per heavy atom. The minimum Gasteiger partial charge on any atom is -0.329 e. The van der Waals surface area contributed by atoms with E-state index in [9.17, 15) is 0 Å². The average molecular weight is 184 g/mol. The van der Waals surface area contributed by atoms with Crippen LogP contribution in [0, 0.1) is 5.41 Å². The minimum absolute atomic E-state index is 0.338. The van der Waals surface area contributed by atoms with Crippen molar-refractivity contribution in [3.63, 3.8) is 0 Å². The van der Waals surface area contributed by atoms with Gasteiger partial charge in [-0.2, -0.15) is 0 Å². The summed E-state index contributed by atoms with van der Waals surface area (Å²) in [5.74, 6) is 0. The third-order valence-electron chi connectivity index (χ3n) is 3.44. The zero-order valence-corrected chi connectivity index (χ0v) is 10.1. The van der Waals surface area contributed by atoms with Crippen LogP contribution < -0.4 is 0 Å². The van der Waals surface area contributed by atoms with Crippen LogP contribution in [-0.2, 0) is 0 Å². The topological polar surface area (TPSA) is 0 Å². The van der Waals surface area contributed by atoms with Gasteiger partial charge in [0.1, 0.15) is 0 Å². The number of hydrogen-bond donors (Lipinski definition) is 0. The number of quaternary nitrogens is 1. The summed E-state index contributed by atoms with van der Waals surface area (Å²) in [6, 6.07) is 0. The highest BCUT2D eigenvalue weighted by Gasteiger charge is 2.22. The van der Waals surface area contributed by atoms with Gasteiger partial charge in [-0.25, -0.2) is 0 Å². The molecule has 0 rings (SSSR count). The van der Waals surface area contributed by atoms with Crippen molar-refractivity contribution in [2.45, 2.75) is 33.6 Å². The van der Waals surface area contributed by atoms with E-state index < -0.39 is 0 Å². The van der Waals surface area contributed by atoms with Gasteiger partial charge in [0.05, 0.1) is 27.2 Å². The third kappa shape index (κ3) is 4.47. The van der Waals surface area contributed by atoms with Gasteiger partial charge < -0.3 is 4.48 Å². The lowest BCUT2D eigenvalue weighted by Gasteiger charge is -2.33. The molecule has 0 aliphatic heterocycles. The van der Waals surface area contributed by atoms with Crippen LogP contribution >= 0.6 is 0 Å². The number of nitrogens with zero attached hydrogens (tertiary/aromatic N) is 1. The molecular formula is C12H26N+. The average Bonchev–Trinajstić information content (AvgIpc) is 2.14. The highest BCUT2D eigenvalue weighted by atomic mass is 15.3. The fourth-order valence-electron chi connectivity index (χ4n) is 1.14. The molecule has 0 spiro atoms. The Hall–Kier alpha value is -0.300. The van der Waals surface area contributed by atoms with Crippen molar-refractivity contribution in [3.8, 4) is 0 Å². The third-order valence-corrected chi connectivity index (χ3v) is 3.44. The maximum atomic E-state index is 3.92. The zero-order valence-electron chi connectivity index (χ0n) is 10.1. The Bertz CT molecular complexity index is 161. The van der Waals surface area contributed by atoms with E-state index >= 15 is 0 Å². The van der Waals surface area contributed by atoms with E-state index in [1.165, 1.54) is 25.9 Å². The summed E-state index contributed by atoms with van der Waals surface area (Å²) in [5, 5.41) is 0. The molecule has 0 aliphatic rings. The van der Waals surface area contributed by atoms with Gasteiger partial charge in [0, 0.05) is 6.42 Å². The Morgan fingerprint density at radius 2 is 1.85 bits per heavy atom. The first-order chi connectivity index (χ1) is 5.89. The number of allylic oxidation sites excluding steroid dienone is 1. The molecule has 0 saturated carbocycles. The van der Waals surface area contributed by atoms with Gasteiger partial charge in [-0.05, 0) is 18.8 Å². The Morgan fingerprint density at radius 3 is 2.15 bits per heavy atom. The second-order valence-corrected chi connectivity index (χ2v) is 4.94. The standard InChI is InChI=1S/C12H26N/c1-7-12(4,8-2)10-11-13(5,6)9-3/h7H,1,8-11H2,2-6H3/q+1. The lowest BCUT2D eigenvalue weighted by atomic mass is 9.84. The van der Waals surface area contributed by atoms with Gasteiger partial charge in [-0.1, -0.05) is 19.9 Å². The van der Waals surface area contributed by atoms with E-state index in [2.05, 4.69) is 47.5 Å². The van der Waals surface area contributed by atoms with Gasteiger partial charge in [0.25, 0.3) is 0 Å². The van der Waals surface area contributed by atoms with E-state index in [-0.39, 0.29) is 0 Å².